The van der Waals surface area contributed by atoms with Crippen LogP contribution in [0.2, 0.25) is 5.15 Å². The van der Waals surface area contributed by atoms with Gasteiger partial charge in [-0.05, 0) is 12.1 Å². The van der Waals surface area contributed by atoms with E-state index in [1.807, 2.05) is 0 Å². The van der Waals surface area contributed by atoms with Gasteiger partial charge in [0.25, 0.3) is 0 Å². The predicted molar refractivity (Wildman–Crippen MR) is 52.5 cm³/mol. The predicted octanol–water partition coefficient (Wildman–Crippen LogP) is 2.11. The van der Waals surface area contributed by atoms with Crippen molar-refractivity contribution in [1.29, 1.82) is 0 Å². The Balaban J connectivity index is 2.20. The fourth-order valence-electron chi connectivity index (χ4n) is 1.28. The van der Waals surface area contributed by atoms with Crippen LogP contribution in [0.5, 0.6) is 0 Å². The molecule has 0 amide bonds. The van der Waals surface area contributed by atoms with Crippen molar-refractivity contribution in [3.05, 3.63) is 29.0 Å². The zero-order valence-electron chi connectivity index (χ0n) is 8.20. The summed E-state index contributed by atoms with van der Waals surface area (Å²) in [6.07, 6.45) is -4.43. The number of aliphatic hydroxyl groups is 1. The summed E-state index contributed by atoms with van der Waals surface area (Å²) in [7, 11) is 0. The topological polar surface area (TPSA) is 54.7 Å². The van der Waals surface area contributed by atoms with E-state index in [1.54, 1.807) is 0 Å². The fraction of sp³-hybridized carbons (Fsp3) is 0.333. The number of alkyl halides is 3. The molecule has 0 aliphatic carbocycles. The standard InChI is InChI=1S/C9H6ClF3N2O2/c10-7-2-1-5(4-14-7)6-3-8(16,17-15-6)9(11,12)13/h1-2,4,16H,3H2. The third-order valence-corrected chi connectivity index (χ3v) is 2.44. The first-order valence-electron chi connectivity index (χ1n) is 4.48. The zero-order chi connectivity index (χ0) is 12.7. The molecular formula is C9H6ClF3N2O2. The zero-order valence-corrected chi connectivity index (χ0v) is 8.96. The highest BCUT2D eigenvalue weighted by Gasteiger charge is 2.60. The molecule has 1 aromatic rings. The van der Waals surface area contributed by atoms with Crippen molar-refractivity contribution in [3.63, 3.8) is 0 Å². The molecular weight excluding hydrogens is 261 g/mol. The highest BCUT2D eigenvalue weighted by atomic mass is 35.5. The first-order valence-corrected chi connectivity index (χ1v) is 4.86. The molecule has 1 aromatic heterocycles. The fourth-order valence-corrected chi connectivity index (χ4v) is 1.39. The quantitative estimate of drug-likeness (QED) is 0.792. The first kappa shape index (κ1) is 12.1. The molecule has 2 heterocycles. The summed E-state index contributed by atoms with van der Waals surface area (Å²) in [5, 5.41) is 12.6. The molecule has 17 heavy (non-hydrogen) atoms. The van der Waals surface area contributed by atoms with Gasteiger partial charge >= 0.3 is 12.0 Å². The lowest BCUT2D eigenvalue weighted by Crippen LogP contribution is -2.45. The summed E-state index contributed by atoms with van der Waals surface area (Å²) in [6.45, 7) is 0. The molecule has 1 N–H and O–H groups in total. The number of oxime groups is 1. The lowest BCUT2D eigenvalue weighted by Gasteiger charge is -2.22. The molecule has 1 aliphatic heterocycles. The molecule has 0 saturated carbocycles. The summed E-state index contributed by atoms with van der Waals surface area (Å²) in [5.74, 6) is -3.26. The number of aromatic nitrogens is 1. The van der Waals surface area contributed by atoms with Crippen LogP contribution in [0, 0.1) is 0 Å². The third-order valence-electron chi connectivity index (χ3n) is 2.22. The second kappa shape index (κ2) is 3.85. The Bertz CT molecular complexity index is 460. The van der Waals surface area contributed by atoms with Crippen molar-refractivity contribution in [3.8, 4) is 0 Å². The highest BCUT2D eigenvalue weighted by Crippen LogP contribution is 2.38. The number of hydrogen-bond donors (Lipinski definition) is 1. The summed E-state index contributed by atoms with van der Waals surface area (Å²) < 4.78 is 37.2. The molecule has 1 aliphatic rings. The molecule has 0 saturated heterocycles. The molecule has 0 bridgehead atoms. The van der Waals surface area contributed by atoms with E-state index in [-0.39, 0.29) is 10.9 Å². The second-order valence-corrected chi connectivity index (χ2v) is 3.85. The Morgan fingerprint density at radius 2 is 2.12 bits per heavy atom. The van der Waals surface area contributed by atoms with Crippen LogP contribution in [-0.4, -0.2) is 27.8 Å². The van der Waals surface area contributed by atoms with Crippen LogP contribution in [-0.2, 0) is 4.84 Å². The van der Waals surface area contributed by atoms with Crippen LogP contribution in [0.3, 0.4) is 0 Å². The van der Waals surface area contributed by atoms with Gasteiger partial charge in [-0.2, -0.15) is 13.2 Å². The van der Waals surface area contributed by atoms with Crippen molar-refractivity contribution in [1.82, 2.24) is 4.98 Å². The number of hydrogen-bond acceptors (Lipinski definition) is 4. The van der Waals surface area contributed by atoms with Crippen molar-refractivity contribution in [2.24, 2.45) is 5.16 Å². The lowest BCUT2D eigenvalue weighted by atomic mass is 10.0. The minimum atomic E-state index is -4.90. The molecule has 1 atom stereocenters. The monoisotopic (exact) mass is 266 g/mol. The number of pyridine rings is 1. The largest absolute Gasteiger partial charge is 0.458 e. The van der Waals surface area contributed by atoms with Gasteiger partial charge in [0, 0.05) is 11.8 Å². The van der Waals surface area contributed by atoms with E-state index >= 15 is 0 Å². The molecule has 0 radical (unpaired) electrons. The second-order valence-electron chi connectivity index (χ2n) is 3.46. The first-order chi connectivity index (χ1) is 7.82. The van der Waals surface area contributed by atoms with Gasteiger partial charge in [-0.25, -0.2) is 4.98 Å². The Morgan fingerprint density at radius 3 is 2.59 bits per heavy atom. The van der Waals surface area contributed by atoms with Crippen LogP contribution in [0.1, 0.15) is 12.0 Å². The van der Waals surface area contributed by atoms with Crippen LogP contribution in [0.15, 0.2) is 23.5 Å². The average Bonchev–Trinajstić information content (AvgIpc) is 2.63. The third kappa shape index (κ3) is 2.20. The maximum atomic E-state index is 12.4. The Kier molecular flexibility index (Phi) is 2.75. The van der Waals surface area contributed by atoms with Crippen LogP contribution < -0.4 is 0 Å². The molecule has 0 spiro atoms. The molecule has 0 aromatic carbocycles. The number of nitrogens with zero attached hydrogens (tertiary/aromatic N) is 2. The van der Waals surface area contributed by atoms with Gasteiger partial charge in [0.05, 0.1) is 12.1 Å². The summed E-state index contributed by atoms with van der Waals surface area (Å²) >= 11 is 5.54. The van der Waals surface area contributed by atoms with Gasteiger partial charge in [0.15, 0.2) is 0 Å². The van der Waals surface area contributed by atoms with Crippen LogP contribution >= 0.6 is 11.6 Å². The summed E-state index contributed by atoms with van der Waals surface area (Å²) in [5.41, 5.74) is 0.281. The van der Waals surface area contributed by atoms with Crippen LogP contribution in [0.4, 0.5) is 13.2 Å². The molecule has 2 rings (SSSR count). The highest BCUT2D eigenvalue weighted by molar-refractivity contribution is 6.29. The lowest BCUT2D eigenvalue weighted by molar-refractivity contribution is -0.355. The molecule has 8 heteroatoms. The smallest absolute Gasteiger partial charge is 0.350 e. The van der Waals surface area contributed by atoms with E-state index in [4.69, 9.17) is 11.6 Å². The summed E-state index contributed by atoms with van der Waals surface area (Å²) in [6, 6.07) is 2.85. The van der Waals surface area contributed by atoms with Gasteiger partial charge in [0.1, 0.15) is 5.15 Å². The van der Waals surface area contributed by atoms with Gasteiger partial charge in [-0.1, -0.05) is 16.8 Å². The van der Waals surface area contributed by atoms with Crippen LogP contribution in [0.25, 0.3) is 0 Å². The van der Waals surface area contributed by atoms with Crippen molar-refractivity contribution < 1.29 is 23.1 Å². The minimum absolute atomic E-state index is 0.0333. The molecule has 1 unspecified atom stereocenters. The van der Waals surface area contributed by atoms with E-state index in [9.17, 15) is 18.3 Å². The van der Waals surface area contributed by atoms with Crippen molar-refractivity contribution in [2.45, 2.75) is 18.4 Å². The Hall–Kier alpha value is -1.34. The summed E-state index contributed by atoms with van der Waals surface area (Å²) in [4.78, 5) is 7.76. The molecule has 92 valence electrons. The maximum absolute atomic E-state index is 12.4. The SMILES string of the molecule is OC1(C(F)(F)F)CC(c2ccc(Cl)nc2)=NO1. The van der Waals surface area contributed by atoms with E-state index < -0.39 is 18.4 Å². The van der Waals surface area contributed by atoms with Gasteiger partial charge in [-0.15, -0.1) is 0 Å². The van der Waals surface area contributed by atoms with Gasteiger partial charge in [-0.3, -0.25) is 0 Å². The number of rotatable bonds is 1. The van der Waals surface area contributed by atoms with E-state index in [0.717, 1.165) is 0 Å². The van der Waals surface area contributed by atoms with E-state index in [2.05, 4.69) is 15.0 Å². The Morgan fingerprint density at radius 1 is 1.41 bits per heavy atom. The normalized spacial score (nSPS) is 24.4. The maximum Gasteiger partial charge on any atom is 0.458 e. The Labute approximate surface area is 98.7 Å². The minimum Gasteiger partial charge on any atom is -0.350 e. The van der Waals surface area contributed by atoms with E-state index in [0.29, 0.717) is 5.56 Å². The van der Waals surface area contributed by atoms with Crippen molar-refractivity contribution in [2.75, 3.05) is 0 Å². The number of halogens is 4. The van der Waals surface area contributed by atoms with Crippen molar-refractivity contribution >= 4 is 17.3 Å². The van der Waals surface area contributed by atoms with Gasteiger partial charge < -0.3 is 9.94 Å². The molecule has 4 nitrogen and oxygen atoms in total. The average molecular weight is 267 g/mol. The van der Waals surface area contributed by atoms with Gasteiger partial charge in [0.2, 0.25) is 0 Å². The van der Waals surface area contributed by atoms with E-state index in [1.165, 1.54) is 18.3 Å². The molecule has 0 fully saturated rings.